The lowest BCUT2D eigenvalue weighted by Crippen LogP contribution is -2.32. The van der Waals surface area contributed by atoms with Crippen LogP contribution in [0.5, 0.6) is 0 Å². The molecular formula is C11H13F4NO. The average molecular weight is 251 g/mol. The molecule has 1 atom stereocenters. The molecular weight excluding hydrogens is 238 g/mol. The van der Waals surface area contributed by atoms with Gasteiger partial charge in [0.15, 0.2) is 6.61 Å². The first-order valence-electron chi connectivity index (χ1n) is 5.05. The number of nitrogens with one attached hydrogen (secondary N) is 1. The van der Waals surface area contributed by atoms with E-state index in [0.717, 1.165) is 0 Å². The smallest absolute Gasteiger partial charge is 0.292 e. The van der Waals surface area contributed by atoms with Gasteiger partial charge in [0.25, 0.3) is 0 Å². The highest BCUT2D eigenvalue weighted by Gasteiger charge is 2.27. The number of hydrogen-bond acceptors (Lipinski definition) is 2. The molecule has 1 unspecified atom stereocenters. The van der Waals surface area contributed by atoms with Crippen molar-refractivity contribution in [3.05, 3.63) is 35.6 Å². The van der Waals surface area contributed by atoms with E-state index >= 15 is 0 Å². The van der Waals surface area contributed by atoms with Crippen molar-refractivity contribution in [1.82, 2.24) is 5.48 Å². The van der Waals surface area contributed by atoms with Crippen LogP contribution in [0.1, 0.15) is 12.5 Å². The van der Waals surface area contributed by atoms with Gasteiger partial charge in [0.2, 0.25) is 0 Å². The van der Waals surface area contributed by atoms with Crippen molar-refractivity contribution in [2.45, 2.75) is 25.6 Å². The Morgan fingerprint density at radius 2 is 2.06 bits per heavy atom. The van der Waals surface area contributed by atoms with Crippen LogP contribution in [0.25, 0.3) is 0 Å². The Hall–Kier alpha value is -1.14. The molecule has 0 saturated carbocycles. The predicted octanol–water partition coefficient (Wildman–Crippen LogP) is 2.84. The highest BCUT2D eigenvalue weighted by Crippen LogP contribution is 2.14. The van der Waals surface area contributed by atoms with E-state index in [-0.39, 0.29) is 11.9 Å². The molecule has 1 aromatic carbocycles. The van der Waals surface area contributed by atoms with Crippen molar-refractivity contribution in [3.8, 4) is 0 Å². The molecule has 0 amide bonds. The molecule has 96 valence electrons. The monoisotopic (exact) mass is 251 g/mol. The molecule has 0 aliphatic carbocycles. The fourth-order valence-corrected chi connectivity index (χ4v) is 1.32. The summed E-state index contributed by atoms with van der Waals surface area (Å²) in [6.07, 6.45) is -3.97. The van der Waals surface area contributed by atoms with E-state index in [1.165, 1.54) is 12.1 Å². The van der Waals surface area contributed by atoms with Crippen molar-refractivity contribution >= 4 is 0 Å². The third-order valence-electron chi connectivity index (χ3n) is 1.95. The lowest BCUT2D eigenvalue weighted by atomic mass is 10.1. The number of hydroxylamine groups is 1. The minimum atomic E-state index is -4.36. The first-order chi connectivity index (χ1) is 7.87. The van der Waals surface area contributed by atoms with Gasteiger partial charge in [-0.2, -0.15) is 18.7 Å². The molecule has 0 saturated heterocycles. The third-order valence-corrected chi connectivity index (χ3v) is 1.95. The van der Waals surface area contributed by atoms with E-state index in [0.29, 0.717) is 12.0 Å². The minimum Gasteiger partial charge on any atom is -0.292 e. The van der Waals surface area contributed by atoms with Gasteiger partial charge >= 0.3 is 6.18 Å². The van der Waals surface area contributed by atoms with E-state index in [9.17, 15) is 17.6 Å². The minimum absolute atomic E-state index is 0.334. The van der Waals surface area contributed by atoms with Gasteiger partial charge in [-0.15, -0.1) is 0 Å². The van der Waals surface area contributed by atoms with Crippen molar-refractivity contribution in [1.29, 1.82) is 0 Å². The van der Waals surface area contributed by atoms with Crippen LogP contribution in [0.15, 0.2) is 24.3 Å². The predicted molar refractivity (Wildman–Crippen MR) is 54.7 cm³/mol. The zero-order valence-electron chi connectivity index (χ0n) is 9.22. The van der Waals surface area contributed by atoms with Crippen LogP contribution in [0.3, 0.4) is 0 Å². The van der Waals surface area contributed by atoms with E-state index < -0.39 is 12.8 Å². The molecule has 0 heterocycles. The van der Waals surface area contributed by atoms with Crippen molar-refractivity contribution in [3.63, 3.8) is 0 Å². The molecule has 2 nitrogen and oxygen atoms in total. The summed E-state index contributed by atoms with van der Waals surface area (Å²) in [6, 6.07) is 5.56. The highest BCUT2D eigenvalue weighted by atomic mass is 19.4. The van der Waals surface area contributed by atoms with Gasteiger partial charge < -0.3 is 0 Å². The number of hydrogen-bond donors (Lipinski definition) is 1. The van der Waals surface area contributed by atoms with E-state index in [4.69, 9.17) is 0 Å². The summed E-state index contributed by atoms with van der Waals surface area (Å²) in [4.78, 5) is 4.29. The van der Waals surface area contributed by atoms with Gasteiger partial charge in [0.1, 0.15) is 5.82 Å². The molecule has 0 bridgehead atoms. The molecule has 1 aromatic rings. The van der Waals surface area contributed by atoms with Crippen LogP contribution in [-0.2, 0) is 11.3 Å². The Kier molecular flexibility index (Phi) is 4.89. The number of alkyl halides is 3. The SMILES string of the molecule is CC(Cc1cccc(F)c1)NOCC(F)(F)F. The van der Waals surface area contributed by atoms with Crippen LogP contribution < -0.4 is 5.48 Å². The van der Waals surface area contributed by atoms with E-state index in [1.807, 2.05) is 0 Å². The van der Waals surface area contributed by atoms with E-state index in [2.05, 4.69) is 10.3 Å². The van der Waals surface area contributed by atoms with Gasteiger partial charge in [-0.25, -0.2) is 4.39 Å². The van der Waals surface area contributed by atoms with Crippen LogP contribution >= 0.6 is 0 Å². The summed E-state index contributed by atoms with van der Waals surface area (Å²) < 4.78 is 48.1. The molecule has 0 spiro atoms. The molecule has 0 aliphatic rings. The molecule has 17 heavy (non-hydrogen) atoms. The summed E-state index contributed by atoms with van der Waals surface area (Å²) in [5, 5.41) is 0. The Balaban J connectivity index is 2.32. The van der Waals surface area contributed by atoms with Crippen molar-refractivity contribution < 1.29 is 22.4 Å². The van der Waals surface area contributed by atoms with Crippen molar-refractivity contribution in [2.75, 3.05) is 6.61 Å². The molecule has 6 heteroatoms. The summed E-state index contributed by atoms with van der Waals surface area (Å²) in [7, 11) is 0. The summed E-state index contributed by atoms with van der Waals surface area (Å²) >= 11 is 0. The lowest BCUT2D eigenvalue weighted by Gasteiger charge is -2.14. The van der Waals surface area contributed by atoms with Gasteiger partial charge in [-0.05, 0) is 31.0 Å². The van der Waals surface area contributed by atoms with Crippen LogP contribution in [-0.4, -0.2) is 18.8 Å². The van der Waals surface area contributed by atoms with Gasteiger partial charge in [0.05, 0.1) is 0 Å². The second-order valence-electron chi connectivity index (χ2n) is 3.76. The molecule has 0 radical (unpaired) electrons. The van der Waals surface area contributed by atoms with Gasteiger partial charge in [-0.1, -0.05) is 12.1 Å². The maximum atomic E-state index is 12.8. The average Bonchev–Trinajstić information content (AvgIpc) is 2.15. The van der Waals surface area contributed by atoms with Gasteiger partial charge in [-0.3, -0.25) is 4.84 Å². The topological polar surface area (TPSA) is 21.3 Å². The summed E-state index contributed by atoms with van der Waals surface area (Å²) in [5.41, 5.74) is 2.96. The zero-order chi connectivity index (χ0) is 12.9. The Morgan fingerprint density at radius 3 is 2.65 bits per heavy atom. The third kappa shape index (κ3) is 6.23. The standard InChI is InChI=1S/C11H13F4NO/c1-8(16-17-7-11(13,14)15)5-9-3-2-4-10(12)6-9/h2-4,6,8,16H,5,7H2,1H3. The summed E-state index contributed by atoms with van der Waals surface area (Å²) in [5.74, 6) is -0.370. The molecule has 0 fully saturated rings. The second-order valence-corrected chi connectivity index (χ2v) is 3.76. The highest BCUT2D eigenvalue weighted by molar-refractivity contribution is 5.17. The molecule has 1 N–H and O–H groups in total. The van der Waals surface area contributed by atoms with E-state index in [1.54, 1.807) is 19.1 Å². The first kappa shape index (κ1) is 13.9. The maximum absolute atomic E-state index is 12.8. The number of rotatable bonds is 5. The van der Waals surface area contributed by atoms with Crippen LogP contribution in [0, 0.1) is 5.82 Å². The zero-order valence-corrected chi connectivity index (χ0v) is 9.22. The van der Waals surface area contributed by atoms with Gasteiger partial charge in [0, 0.05) is 6.04 Å². The largest absolute Gasteiger partial charge is 0.413 e. The van der Waals surface area contributed by atoms with Crippen LogP contribution in [0.4, 0.5) is 17.6 Å². The Labute approximate surface area is 96.5 Å². The number of halogens is 4. The Morgan fingerprint density at radius 1 is 1.35 bits per heavy atom. The van der Waals surface area contributed by atoms with Crippen molar-refractivity contribution in [2.24, 2.45) is 0 Å². The molecule has 1 rings (SSSR count). The second kappa shape index (κ2) is 5.97. The quantitative estimate of drug-likeness (QED) is 0.641. The Bertz CT molecular complexity index is 354. The fraction of sp³-hybridized carbons (Fsp3) is 0.455. The fourth-order valence-electron chi connectivity index (χ4n) is 1.32. The maximum Gasteiger partial charge on any atom is 0.413 e. The van der Waals surface area contributed by atoms with Crippen LogP contribution in [0.2, 0.25) is 0 Å². The molecule has 0 aromatic heterocycles. The molecule has 0 aliphatic heterocycles. The lowest BCUT2D eigenvalue weighted by molar-refractivity contribution is -0.192. The normalized spacial score (nSPS) is 13.7. The number of benzene rings is 1. The summed E-state index contributed by atoms with van der Waals surface area (Å²) in [6.45, 7) is 0.307. The first-order valence-corrected chi connectivity index (χ1v) is 5.05.